The van der Waals surface area contributed by atoms with Crippen molar-refractivity contribution in [1.29, 1.82) is 0 Å². The normalized spacial score (nSPS) is 12.0. The Bertz CT molecular complexity index is 1190. The van der Waals surface area contributed by atoms with Crippen LogP contribution in [0.25, 0.3) is 5.69 Å². The number of sulfonamides is 1. The quantitative estimate of drug-likeness (QED) is 0.529. The molecule has 0 saturated carbocycles. The number of nitrogens with one attached hydrogen (secondary N) is 1. The van der Waals surface area contributed by atoms with Crippen molar-refractivity contribution in [3.63, 3.8) is 0 Å². The zero-order valence-corrected chi connectivity index (χ0v) is 17.3. The van der Waals surface area contributed by atoms with Gasteiger partial charge in [0.25, 0.3) is 0 Å². The molecule has 0 amide bonds. The molecule has 0 bridgehead atoms. The zero-order chi connectivity index (χ0) is 22.8. The number of nitrogens with two attached hydrogens (primary N) is 1. The first-order chi connectivity index (χ1) is 14.5. The maximum Gasteiger partial charge on any atom is 0.419 e. The third-order valence-corrected chi connectivity index (χ3v) is 5.81. The van der Waals surface area contributed by atoms with E-state index in [4.69, 9.17) is 15.2 Å². The maximum atomic E-state index is 13.0. The highest BCUT2D eigenvalue weighted by Gasteiger charge is 2.33. The third-order valence-electron chi connectivity index (χ3n) is 4.38. The van der Waals surface area contributed by atoms with Gasteiger partial charge in [0, 0.05) is 30.1 Å². The van der Waals surface area contributed by atoms with E-state index in [0.717, 1.165) is 10.7 Å². The van der Waals surface area contributed by atoms with E-state index in [9.17, 15) is 21.6 Å². The van der Waals surface area contributed by atoms with Gasteiger partial charge in [-0.1, -0.05) is 6.07 Å². The Hall–Kier alpha value is -3.25. The number of benzene rings is 2. The second kappa shape index (κ2) is 8.47. The topological polar surface area (TPSA) is 108 Å². The van der Waals surface area contributed by atoms with Crippen LogP contribution in [-0.4, -0.2) is 32.4 Å². The van der Waals surface area contributed by atoms with E-state index in [-0.39, 0.29) is 22.8 Å². The second-order valence-electron chi connectivity index (χ2n) is 6.40. The number of halogens is 3. The summed E-state index contributed by atoms with van der Waals surface area (Å²) in [5.41, 5.74) is 5.27. The standard InChI is InChI=1S/C19H19F3N4O4S/c1-29-15-5-3-12(17(8-15)30-2)9-25-31(27,28)18-7-14(23)4-6-16(18)26-11-13(10-24-26)19(20,21)22/h3-8,10-11,25H,9,23H2,1-2H3. The Balaban J connectivity index is 1.95. The molecule has 0 radical (unpaired) electrons. The summed E-state index contributed by atoms with van der Waals surface area (Å²) >= 11 is 0. The molecule has 0 saturated heterocycles. The molecule has 0 aliphatic carbocycles. The highest BCUT2D eigenvalue weighted by Crippen LogP contribution is 2.31. The molecule has 8 nitrogen and oxygen atoms in total. The first-order valence-corrected chi connectivity index (χ1v) is 10.3. The molecule has 31 heavy (non-hydrogen) atoms. The van der Waals surface area contributed by atoms with E-state index in [1.807, 2.05) is 0 Å². The van der Waals surface area contributed by atoms with Crippen molar-refractivity contribution in [3.8, 4) is 17.2 Å². The zero-order valence-electron chi connectivity index (χ0n) is 16.5. The van der Waals surface area contributed by atoms with Gasteiger partial charge in [0.05, 0.1) is 31.7 Å². The predicted molar refractivity (Wildman–Crippen MR) is 107 cm³/mol. The lowest BCUT2D eigenvalue weighted by Crippen LogP contribution is -2.25. The molecule has 3 aromatic rings. The van der Waals surface area contributed by atoms with Gasteiger partial charge in [-0.25, -0.2) is 17.8 Å². The molecule has 0 unspecified atom stereocenters. The molecule has 0 atom stereocenters. The Morgan fingerprint density at radius 1 is 1.13 bits per heavy atom. The number of hydrogen-bond donors (Lipinski definition) is 2. The summed E-state index contributed by atoms with van der Waals surface area (Å²) in [4.78, 5) is -0.322. The van der Waals surface area contributed by atoms with Gasteiger partial charge in [0.2, 0.25) is 10.0 Å². The minimum absolute atomic E-state index is 0.0844. The summed E-state index contributed by atoms with van der Waals surface area (Å²) in [5.74, 6) is 0.928. The van der Waals surface area contributed by atoms with Gasteiger partial charge < -0.3 is 15.2 Å². The SMILES string of the molecule is COc1ccc(CNS(=O)(=O)c2cc(N)ccc2-n2cc(C(F)(F)F)cn2)c(OC)c1. The molecular formula is C19H19F3N4O4S. The van der Waals surface area contributed by atoms with Gasteiger partial charge in [-0.05, 0) is 24.3 Å². The molecule has 3 N–H and O–H groups in total. The van der Waals surface area contributed by atoms with Crippen LogP contribution in [0, 0.1) is 0 Å². The van der Waals surface area contributed by atoms with Crippen molar-refractivity contribution in [3.05, 3.63) is 59.9 Å². The first kappa shape index (κ1) is 22.4. The molecule has 3 rings (SSSR count). The fourth-order valence-electron chi connectivity index (χ4n) is 2.78. The number of aromatic nitrogens is 2. The smallest absolute Gasteiger partial charge is 0.419 e. The van der Waals surface area contributed by atoms with E-state index < -0.39 is 21.8 Å². The lowest BCUT2D eigenvalue weighted by atomic mass is 10.2. The number of rotatable bonds is 7. The molecule has 0 aliphatic heterocycles. The Labute approximate surface area is 176 Å². The van der Waals surface area contributed by atoms with Crippen LogP contribution in [0.1, 0.15) is 11.1 Å². The third kappa shape index (κ3) is 4.91. The van der Waals surface area contributed by atoms with Crippen LogP contribution in [0.4, 0.5) is 18.9 Å². The fourth-order valence-corrected chi connectivity index (χ4v) is 4.01. The van der Waals surface area contributed by atoms with Crippen molar-refractivity contribution in [1.82, 2.24) is 14.5 Å². The predicted octanol–water partition coefficient (Wildman–Crippen LogP) is 2.97. The molecule has 1 aromatic heterocycles. The number of methoxy groups -OCH3 is 2. The lowest BCUT2D eigenvalue weighted by Gasteiger charge is -2.14. The van der Waals surface area contributed by atoms with Crippen LogP contribution in [0.5, 0.6) is 11.5 Å². The van der Waals surface area contributed by atoms with Gasteiger partial charge in [-0.2, -0.15) is 18.3 Å². The fraction of sp³-hybridized carbons (Fsp3) is 0.211. The molecule has 0 spiro atoms. The molecule has 0 aliphatic rings. The Kier molecular flexibility index (Phi) is 6.13. The summed E-state index contributed by atoms with van der Waals surface area (Å²) in [7, 11) is -1.27. The molecule has 12 heteroatoms. The average molecular weight is 456 g/mol. The summed E-state index contributed by atoms with van der Waals surface area (Å²) in [6.07, 6.45) is -3.30. The van der Waals surface area contributed by atoms with Gasteiger partial charge >= 0.3 is 6.18 Å². The van der Waals surface area contributed by atoms with Crippen LogP contribution >= 0.6 is 0 Å². The number of anilines is 1. The average Bonchev–Trinajstić information content (AvgIpc) is 3.22. The number of nitrogen functional groups attached to an aromatic ring is 1. The van der Waals surface area contributed by atoms with Crippen LogP contribution in [-0.2, 0) is 22.7 Å². The van der Waals surface area contributed by atoms with Gasteiger partial charge in [-0.15, -0.1) is 0 Å². The number of ether oxygens (including phenoxy) is 2. The number of nitrogens with zero attached hydrogens (tertiary/aromatic N) is 2. The molecule has 1 heterocycles. The van der Waals surface area contributed by atoms with Gasteiger partial charge in [0.1, 0.15) is 16.4 Å². The van der Waals surface area contributed by atoms with Crippen molar-refractivity contribution in [2.45, 2.75) is 17.6 Å². The van der Waals surface area contributed by atoms with Crippen molar-refractivity contribution >= 4 is 15.7 Å². The van der Waals surface area contributed by atoms with Gasteiger partial charge in [-0.3, -0.25) is 0 Å². The minimum Gasteiger partial charge on any atom is -0.497 e. The van der Waals surface area contributed by atoms with E-state index in [1.54, 1.807) is 18.2 Å². The largest absolute Gasteiger partial charge is 0.497 e. The summed E-state index contributed by atoms with van der Waals surface area (Å²) in [6, 6.07) is 8.67. The highest BCUT2D eigenvalue weighted by molar-refractivity contribution is 7.89. The molecule has 0 fully saturated rings. The van der Waals surface area contributed by atoms with Crippen molar-refractivity contribution < 1.29 is 31.1 Å². The van der Waals surface area contributed by atoms with E-state index in [2.05, 4.69) is 9.82 Å². The second-order valence-corrected chi connectivity index (χ2v) is 8.14. The van der Waals surface area contributed by atoms with Crippen LogP contribution in [0.3, 0.4) is 0 Å². The highest BCUT2D eigenvalue weighted by atomic mass is 32.2. The molecule has 2 aromatic carbocycles. The summed E-state index contributed by atoms with van der Waals surface area (Å²) < 4.78 is 78.3. The van der Waals surface area contributed by atoms with Crippen LogP contribution < -0.4 is 19.9 Å². The van der Waals surface area contributed by atoms with E-state index >= 15 is 0 Å². The van der Waals surface area contributed by atoms with Crippen molar-refractivity contribution in [2.24, 2.45) is 0 Å². The van der Waals surface area contributed by atoms with Crippen molar-refractivity contribution in [2.75, 3.05) is 20.0 Å². The Morgan fingerprint density at radius 3 is 2.48 bits per heavy atom. The van der Waals surface area contributed by atoms with E-state index in [0.29, 0.717) is 29.5 Å². The van der Waals surface area contributed by atoms with Gasteiger partial charge in [0.15, 0.2) is 0 Å². The monoisotopic (exact) mass is 456 g/mol. The van der Waals surface area contributed by atoms with Crippen LogP contribution in [0.15, 0.2) is 53.7 Å². The molecule has 166 valence electrons. The summed E-state index contributed by atoms with van der Waals surface area (Å²) in [5, 5.41) is 3.65. The maximum absolute atomic E-state index is 13.0. The number of hydrogen-bond acceptors (Lipinski definition) is 6. The minimum atomic E-state index is -4.62. The first-order valence-electron chi connectivity index (χ1n) is 8.77. The lowest BCUT2D eigenvalue weighted by molar-refractivity contribution is -0.137. The Morgan fingerprint density at radius 2 is 1.87 bits per heavy atom. The number of alkyl halides is 3. The van der Waals surface area contributed by atoms with Crippen LogP contribution in [0.2, 0.25) is 0 Å². The molecular weight excluding hydrogens is 437 g/mol. The van der Waals surface area contributed by atoms with E-state index in [1.165, 1.54) is 26.4 Å². The summed E-state index contributed by atoms with van der Waals surface area (Å²) in [6.45, 7) is -0.142.